The second-order valence-electron chi connectivity index (χ2n) is 6.31. The highest BCUT2D eigenvalue weighted by Crippen LogP contribution is 2.44. The highest BCUT2D eigenvalue weighted by Gasteiger charge is 2.46. The Bertz CT molecular complexity index is 623. The van der Waals surface area contributed by atoms with E-state index >= 15 is 0 Å². The Morgan fingerprint density at radius 2 is 1.96 bits per heavy atom. The first-order chi connectivity index (χ1) is 11.0. The Morgan fingerprint density at radius 3 is 2.57 bits per heavy atom. The predicted octanol–water partition coefficient (Wildman–Crippen LogP) is 2.28. The molecule has 1 heterocycles. The van der Waals surface area contributed by atoms with E-state index in [9.17, 15) is 14.7 Å². The molecule has 1 unspecified atom stereocenters. The van der Waals surface area contributed by atoms with Gasteiger partial charge in [0.25, 0.3) is 0 Å². The van der Waals surface area contributed by atoms with Crippen LogP contribution in [0.1, 0.15) is 44.2 Å². The molecule has 6 nitrogen and oxygen atoms in total. The van der Waals surface area contributed by atoms with Gasteiger partial charge in [0, 0.05) is 6.42 Å². The Hall–Kier alpha value is -2.24. The van der Waals surface area contributed by atoms with E-state index in [0.29, 0.717) is 37.6 Å². The molecular weight excluding hydrogens is 298 g/mol. The van der Waals surface area contributed by atoms with Crippen molar-refractivity contribution >= 4 is 11.9 Å². The zero-order chi connectivity index (χ0) is 16.4. The van der Waals surface area contributed by atoms with E-state index in [1.165, 1.54) is 0 Å². The van der Waals surface area contributed by atoms with E-state index in [1.807, 2.05) is 25.1 Å². The van der Waals surface area contributed by atoms with Crippen molar-refractivity contribution in [2.24, 2.45) is 5.41 Å². The fraction of sp³-hybridized carbons (Fsp3) is 0.529. The molecule has 1 saturated carbocycles. The van der Waals surface area contributed by atoms with Crippen LogP contribution in [0.3, 0.4) is 0 Å². The van der Waals surface area contributed by atoms with Gasteiger partial charge in [0.1, 0.15) is 13.2 Å². The molecule has 1 aliphatic heterocycles. The van der Waals surface area contributed by atoms with Crippen molar-refractivity contribution < 1.29 is 24.2 Å². The number of carboxylic acid groups (broad SMARTS) is 1. The van der Waals surface area contributed by atoms with Crippen LogP contribution in [0.4, 0.5) is 0 Å². The molecule has 0 bridgehead atoms. The molecule has 1 aromatic carbocycles. The van der Waals surface area contributed by atoms with Gasteiger partial charge in [-0.3, -0.25) is 9.59 Å². The number of hydrogen-bond acceptors (Lipinski definition) is 4. The SMILES string of the molecule is CC(NC(=O)CC1(C(=O)O)CCC1)c1ccc2c(c1)OCCO2. The molecule has 23 heavy (non-hydrogen) atoms. The standard InChI is InChI=1S/C17H21NO5/c1-11(12-3-4-13-14(9-12)23-8-7-22-13)18-15(19)10-17(16(20)21)5-2-6-17/h3-4,9,11H,2,5-8,10H2,1H3,(H,18,19)(H,20,21). The van der Waals surface area contributed by atoms with Gasteiger partial charge in [-0.2, -0.15) is 0 Å². The molecule has 1 atom stereocenters. The summed E-state index contributed by atoms with van der Waals surface area (Å²) in [6.45, 7) is 2.92. The average Bonchev–Trinajstić information content (AvgIpc) is 2.50. The van der Waals surface area contributed by atoms with Gasteiger partial charge in [0.2, 0.25) is 5.91 Å². The first-order valence-corrected chi connectivity index (χ1v) is 7.92. The summed E-state index contributed by atoms with van der Waals surface area (Å²) in [4.78, 5) is 23.5. The summed E-state index contributed by atoms with van der Waals surface area (Å²) in [6.07, 6.45) is 2.07. The van der Waals surface area contributed by atoms with Gasteiger partial charge in [0.15, 0.2) is 11.5 Å². The van der Waals surface area contributed by atoms with Crippen molar-refractivity contribution in [1.82, 2.24) is 5.32 Å². The van der Waals surface area contributed by atoms with Crippen LogP contribution in [0.15, 0.2) is 18.2 Å². The minimum Gasteiger partial charge on any atom is -0.486 e. The molecule has 2 N–H and O–H groups in total. The molecule has 1 aliphatic carbocycles. The summed E-state index contributed by atoms with van der Waals surface area (Å²) < 4.78 is 11.0. The average molecular weight is 319 g/mol. The lowest BCUT2D eigenvalue weighted by molar-refractivity contribution is -0.157. The van der Waals surface area contributed by atoms with E-state index in [4.69, 9.17) is 9.47 Å². The van der Waals surface area contributed by atoms with E-state index in [1.54, 1.807) is 0 Å². The van der Waals surface area contributed by atoms with Crippen molar-refractivity contribution in [3.8, 4) is 11.5 Å². The van der Waals surface area contributed by atoms with Gasteiger partial charge in [-0.1, -0.05) is 12.5 Å². The zero-order valence-electron chi connectivity index (χ0n) is 13.1. The molecule has 6 heteroatoms. The second-order valence-corrected chi connectivity index (χ2v) is 6.31. The van der Waals surface area contributed by atoms with Crippen LogP contribution < -0.4 is 14.8 Å². The third kappa shape index (κ3) is 3.11. The summed E-state index contributed by atoms with van der Waals surface area (Å²) in [6, 6.07) is 5.35. The van der Waals surface area contributed by atoms with Crippen LogP contribution in [0.2, 0.25) is 0 Å². The maximum absolute atomic E-state index is 12.2. The Morgan fingerprint density at radius 1 is 1.26 bits per heavy atom. The number of rotatable bonds is 5. The molecule has 0 aromatic heterocycles. The fourth-order valence-corrected chi connectivity index (χ4v) is 3.08. The first-order valence-electron chi connectivity index (χ1n) is 7.92. The number of amides is 1. The van der Waals surface area contributed by atoms with Crippen molar-refractivity contribution in [1.29, 1.82) is 0 Å². The summed E-state index contributed by atoms with van der Waals surface area (Å²) in [5.74, 6) is 0.286. The first kappa shape index (κ1) is 15.6. The number of ether oxygens (including phenoxy) is 2. The van der Waals surface area contributed by atoms with Crippen LogP contribution in [-0.4, -0.2) is 30.2 Å². The van der Waals surface area contributed by atoms with Gasteiger partial charge >= 0.3 is 5.97 Å². The van der Waals surface area contributed by atoms with Crippen molar-refractivity contribution in [2.45, 2.75) is 38.6 Å². The number of carbonyl (C=O) groups excluding carboxylic acids is 1. The lowest BCUT2D eigenvalue weighted by Crippen LogP contribution is -2.43. The summed E-state index contributed by atoms with van der Waals surface area (Å²) in [7, 11) is 0. The number of benzene rings is 1. The van der Waals surface area contributed by atoms with Crippen LogP contribution in [0.5, 0.6) is 11.5 Å². The quantitative estimate of drug-likeness (QED) is 0.870. The lowest BCUT2D eigenvalue weighted by atomic mass is 9.66. The molecule has 2 aliphatic rings. The smallest absolute Gasteiger partial charge is 0.310 e. The molecule has 3 rings (SSSR count). The van der Waals surface area contributed by atoms with Gasteiger partial charge in [0.05, 0.1) is 11.5 Å². The Labute approximate surface area is 134 Å². The predicted molar refractivity (Wildman–Crippen MR) is 82.5 cm³/mol. The minimum absolute atomic E-state index is 0.0389. The van der Waals surface area contributed by atoms with E-state index < -0.39 is 11.4 Å². The highest BCUT2D eigenvalue weighted by atomic mass is 16.6. The molecule has 1 aromatic rings. The molecule has 124 valence electrons. The Kier molecular flexibility index (Phi) is 4.15. The van der Waals surface area contributed by atoms with Gasteiger partial charge in [-0.15, -0.1) is 0 Å². The molecule has 0 spiro atoms. The van der Waals surface area contributed by atoms with Crippen molar-refractivity contribution in [3.05, 3.63) is 23.8 Å². The zero-order valence-corrected chi connectivity index (χ0v) is 13.1. The van der Waals surface area contributed by atoms with E-state index in [2.05, 4.69) is 5.32 Å². The fourth-order valence-electron chi connectivity index (χ4n) is 3.08. The van der Waals surface area contributed by atoms with Crippen LogP contribution in [0.25, 0.3) is 0 Å². The summed E-state index contributed by atoms with van der Waals surface area (Å²) in [5.41, 5.74) is 0.0388. The number of hydrogen-bond donors (Lipinski definition) is 2. The van der Waals surface area contributed by atoms with Crippen LogP contribution in [0, 0.1) is 5.41 Å². The van der Waals surface area contributed by atoms with Crippen LogP contribution >= 0.6 is 0 Å². The van der Waals surface area contributed by atoms with Crippen LogP contribution in [-0.2, 0) is 9.59 Å². The number of aliphatic carboxylic acids is 1. The molecule has 0 radical (unpaired) electrons. The summed E-state index contributed by atoms with van der Waals surface area (Å²) in [5, 5.41) is 12.2. The maximum Gasteiger partial charge on any atom is 0.310 e. The highest BCUT2D eigenvalue weighted by molar-refractivity contribution is 5.85. The maximum atomic E-state index is 12.2. The number of nitrogens with one attached hydrogen (secondary N) is 1. The Balaban J connectivity index is 1.63. The van der Waals surface area contributed by atoms with Gasteiger partial charge in [-0.25, -0.2) is 0 Å². The van der Waals surface area contributed by atoms with Crippen molar-refractivity contribution in [3.63, 3.8) is 0 Å². The topological polar surface area (TPSA) is 84.9 Å². The lowest BCUT2D eigenvalue weighted by Gasteiger charge is -2.37. The third-order valence-corrected chi connectivity index (χ3v) is 4.71. The molecule has 1 amide bonds. The number of carboxylic acids is 1. The van der Waals surface area contributed by atoms with Gasteiger partial charge in [-0.05, 0) is 37.5 Å². The van der Waals surface area contributed by atoms with Gasteiger partial charge < -0.3 is 19.9 Å². The monoisotopic (exact) mass is 319 g/mol. The normalized spacial score (nSPS) is 19.3. The molecular formula is C17H21NO5. The molecule has 0 saturated heterocycles. The van der Waals surface area contributed by atoms with E-state index in [-0.39, 0.29) is 18.4 Å². The number of fused-ring (bicyclic) bond motifs is 1. The molecule has 1 fully saturated rings. The summed E-state index contributed by atoms with van der Waals surface area (Å²) >= 11 is 0. The second kappa shape index (κ2) is 6.10. The van der Waals surface area contributed by atoms with E-state index in [0.717, 1.165) is 12.0 Å². The minimum atomic E-state index is -0.870. The van der Waals surface area contributed by atoms with Crippen molar-refractivity contribution in [2.75, 3.05) is 13.2 Å². The largest absolute Gasteiger partial charge is 0.486 e. The number of carbonyl (C=O) groups is 2. The third-order valence-electron chi connectivity index (χ3n) is 4.71.